The number of hydrogen-bond donors (Lipinski definition) is 4. The maximum Gasteiger partial charge on any atom is 0.149 e. The molecule has 0 aliphatic carbocycles. The van der Waals surface area contributed by atoms with Crippen LogP contribution < -0.4 is 15.6 Å². The molecule has 1 aliphatic heterocycles. The second-order valence-electron chi connectivity index (χ2n) is 6.21. The Morgan fingerprint density at radius 3 is 2.74 bits per heavy atom. The molecule has 6 nitrogen and oxygen atoms in total. The van der Waals surface area contributed by atoms with Crippen LogP contribution in [0.25, 0.3) is 22.5 Å². The van der Waals surface area contributed by atoms with Crippen molar-refractivity contribution in [2.45, 2.75) is 5.66 Å². The van der Waals surface area contributed by atoms with E-state index in [-0.39, 0.29) is 12.4 Å². The number of ether oxygens (including phenoxy) is 1. The molecular formula is C20H17FN4O2. The van der Waals surface area contributed by atoms with Crippen molar-refractivity contribution in [3.63, 3.8) is 0 Å². The quantitative estimate of drug-likeness (QED) is 0.398. The summed E-state index contributed by atoms with van der Waals surface area (Å²) in [7, 11) is 0. The number of H-pyrrole nitrogens is 1. The fourth-order valence-corrected chi connectivity index (χ4v) is 2.87. The number of halogens is 1. The van der Waals surface area contributed by atoms with Crippen LogP contribution in [0.4, 0.5) is 4.39 Å². The molecule has 0 unspecified atom stereocenters. The number of terminal acetylenes is 1. The third-order valence-corrected chi connectivity index (χ3v) is 4.44. The third-order valence-electron chi connectivity index (χ3n) is 4.44. The summed E-state index contributed by atoms with van der Waals surface area (Å²) in [5.41, 5.74) is 8.45. The van der Waals surface area contributed by atoms with Crippen molar-refractivity contribution >= 4 is 0 Å². The first-order valence-electron chi connectivity index (χ1n) is 8.31. The van der Waals surface area contributed by atoms with Crippen LogP contribution in [-0.2, 0) is 5.66 Å². The minimum absolute atomic E-state index is 0.0408. The van der Waals surface area contributed by atoms with Crippen LogP contribution in [0.3, 0.4) is 0 Å². The molecule has 7 heteroatoms. The molecule has 0 bridgehead atoms. The van der Waals surface area contributed by atoms with Gasteiger partial charge in [-0.25, -0.2) is 15.2 Å². The lowest BCUT2D eigenvalue weighted by molar-refractivity contribution is 0.367. The van der Waals surface area contributed by atoms with Crippen LogP contribution in [0, 0.1) is 12.3 Å². The van der Waals surface area contributed by atoms with E-state index < -0.39 is 12.3 Å². The van der Waals surface area contributed by atoms with E-state index >= 15 is 0 Å². The number of nitrogens with one attached hydrogen (secondary N) is 3. The first kappa shape index (κ1) is 17.1. The van der Waals surface area contributed by atoms with Crippen molar-refractivity contribution in [1.29, 1.82) is 0 Å². The van der Waals surface area contributed by atoms with Crippen molar-refractivity contribution < 1.29 is 14.2 Å². The fourth-order valence-electron chi connectivity index (χ4n) is 2.87. The molecule has 0 amide bonds. The topological polar surface area (TPSA) is 102 Å². The normalized spacial score (nSPS) is 14.5. The Kier molecular flexibility index (Phi) is 4.28. The number of aromatic hydroxyl groups is 1. The molecule has 3 aromatic rings. The molecule has 1 aliphatic rings. The van der Waals surface area contributed by atoms with Crippen LogP contribution in [-0.4, -0.2) is 28.6 Å². The Hall–Kier alpha value is -3.34. The second kappa shape index (κ2) is 6.76. The number of aromatic nitrogens is 2. The maximum atomic E-state index is 13.2. The van der Waals surface area contributed by atoms with Crippen molar-refractivity contribution in [1.82, 2.24) is 21.0 Å². The highest BCUT2D eigenvalue weighted by atomic mass is 19.1. The molecule has 4 rings (SSSR count). The summed E-state index contributed by atoms with van der Waals surface area (Å²) in [6, 6.07) is 14.3. The number of aromatic amines is 1. The molecule has 1 saturated heterocycles. The van der Waals surface area contributed by atoms with Gasteiger partial charge < -0.3 is 9.84 Å². The van der Waals surface area contributed by atoms with E-state index in [9.17, 15) is 9.50 Å². The number of nitrogens with zero attached hydrogens (tertiary/aromatic N) is 1. The molecule has 136 valence electrons. The minimum atomic E-state index is -0.800. The molecule has 1 fully saturated rings. The van der Waals surface area contributed by atoms with Gasteiger partial charge in [0.1, 0.15) is 30.4 Å². The lowest BCUT2D eigenvalue weighted by Crippen LogP contribution is -2.17. The zero-order valence-electron chi connectivity index (χ0n) is 14.3. The van der Waals surface area contributed by atoms with Crippen LogP contribution in [0.2, 0.25) is 0 Å². The van der Waals surface area contributed by atoms with Gasteiger partial charge in [0.2, 0.25) is 0 Å². The highest BCUT2D eigenvalue weighted by Gasteiger charge is 2.44. The molecule has 0 saturated carbocycles. The molecule has 2 aromatic carbocycles. The Morgan fingerprint density at radius 2 is 2.04 bits per heavy atom. The summed E-state index contributed by atoms with van der Waals surface area (Å²) in [6.45, 7) is -0.418. The van der Waals surface area contributed by atoms with Gasteiger partial charge in [-0.1, -0.05) is 24.1 Å². The average molecular weight is 364 g/mol. The number of benzene rings is 2. The number of alkyl halides is 1. The molecular weight excluding hydrogens is 347 g/mol. The fraction of sp³-hybridized carbons (Fsp3) is 0.150. The molecule has 0 radical (unpaired) electrons. The van der Waals surface area contributed by atoms with Crippen molar-refractivity contribution in [3.05, 3.63) is 54.1 Å². The van der Waals surface area contributed by atoms with Crippen LogP contribution in [0.5, 0.6) is 11.5 Å². The average Bonchev–Trinajstić information content (AvgIpc) is 3.36. The van der Waals surface area contributed by atoms with Gasteiger partial charge in [0.15, 0.2) is 0 Å². The first-order chi connectivity index (χ1) is 13.1. The van der Waals surface area contributed by atoms with E-state index in [1.807, 2.05) is 30.3 Å². The smallest absolute Gasteiger partial charge is 0.149 e. The summed E-state index contributed by atoms with van der Waals surface area (Å²) in [5.74, 6) is 2.90. The zero-order valence-corrected chi connectivity index (χ0v) is 14.3. The first-order valence-corrected chi connectivity index (χ1v) is 8.31. The summed E-state index contributed by atoms with van der Waals surface area (Å²) in [4.78, 5) is 0. The van der Waals surface area contributed by atoms with Crippen molar-refractivity contribution in [2.75, 3.05) is 13.3 Å². The van der Waals surface area contributed by atoms with Crippen LogP contribution in [0.1, 0.15) is 5.56 Å². The van der Waals surface area contributed by atoms with Gasteiger partial charge in [-0.05, 0) is 35.4 Å². The monoisotopic (exact) mass is 364 g/mol. The Morgan fingerprint density at radius 1 is 1.19 bits per heavy atom. The Balaban J connectivity index is 1.61. The van der Waals surface area contributed by atoms with Crippen LogP contribution in [0.15, 0.2) is 48.5 Å². The molecule has 4 N–H and O–H groups in total. The van der Waals surface area contributed by atoms with Gasteiger partial charge in [0.25, 0.3) is 0 Å². The van der Waals surface area contributed by atoms with Crippen LogP contribution >= 0.6 is 0 Å². The largest absolute Gasteiger partial charge is 0.507 e. The zero-order chi connectivity index (χ0) is 18.9. The summed E-state index contributed by atoms with van der Waals surface area (Å²) < 4.78 is 18.5. The number of hydrogen-bond acceptors (Lipinski definition) is 5. The van der Waals surface area contributed by atoms with E-state index in [4.69, 9.17) is 11.2 Å². The van der Waals surface area contributed by atoms with E-state index in [2.05, 4.69) is 27.0 Å². The minimum Gasteiger partial charge on any atom is -0.507 e. The Bertz CT molecular complexity index is 1020. The maximum absolute atomic E-state index is 13.2. The molecule has 0 atom stereocenters. The number of hydrazine groups is 1. The summed E-state index contributed by atoms with van der Waals surface area (Å²) in [6.07, 6.45) is 5.16. The molecule has 0 spiro atoms. The van der Waals surface area contributed by atoms with E-state index in [0.717, 1.165) is 16.8 Å². The van der Waals surface area contributed by atoms with Crippen molar-refractivity contribution in [3.8, 4) is 46.4 Å². The van der Waals surface area contributed by atoms with E-state index in [1.165, 1.54) is 6.07 Å². The highest BCUT2D eigenvalue weighted by molar-refractivity contribution is 5.73. The lowest BCUT2D eigenvalue weighted by atomic mass is 10.0. The Labute approximate surface area is 155 Å². The number of phenolic OH excluding ortho intramolecular Hbond substituents is 1. The third kappa shape index (κ3) is 3.24. The van der Waals surface area contributed by atoms with Gasteiger partial charge in [-0.3, -0.25) is 5.10 Å². The number of rotatable bonds is 6. The van der Waals surface area contributed by atoms with E-state index in [0.29, 0.717) is 17.0 Å². The van der Waals surface area contributed by atoms with Gasteiger partial charge in [-0.15, -0.1) is 6.42 Å². The molecule has 1 aromatic heterocycles. The SMILES string of the molecule is C#CCOc1ccc(-c2cc(-c3cccc(C4(CF)NN4)c3)[nH]n2)c(O)c1. The standard InChI is InChI=1S/C20H17FN4O2/c1-2-8-27-15-6-7-16(19(26)10-15)18-11-17(22-23-18)13-4-3-5-14(9-13)20(12-21)24-25-20/h1,3-7,9-11,24-26H,8,12H2,(H,22,23). The summed E-state index contributed by atoms with van der Waals surface area (Å²) >= 11 is 0. The van der Waals surface area contributed by atoms with Gasteiger partial charge in [0, 0.05) is 11.6 Å². The predicted molar refractivity (Wildman–Crippen MR) is 99.4 cm³/mol. The highest BCUT2D eigenvalue weighted by Crippen LogP contribution is 2.34. The summed E-state index contributed by atoms with van der Waals surface area (Å²) in [5, 5.41) is 17.5. The second-order valence-corrected chi connectivity index (χ2v) is 6.21. The molecule has 2 heterocycles. The number of phenols is 1. The van der Waals surface area contributed by atoms with Gasteiger partial charge in [-0.2, -0.15) is 5.10 Å². The molecule has 27 heavy (non-hydrogen) atoms. The van der Waals surface area contributed by atoms with Gasteiger partial charge in [0.05, 0.1) is 11.4 Å². The van der Waals surface area contributed by atoms with E-state index in [1.54, 1.807) is 12.1 Å². The predicted octanol–water partition coefficient (Wildman–Crippen LogP) is 2.69. The van der Waals surface area contributed by atoms with Gasteiger partial charge >= 0.3 is 0 Å². The lowest BCUT2D eigenvalue weighted by Gasteiger charge is -2.08. The van der Waals surface area contributed by atoms with Crippen molar-refractivity contribution in [2.24, 2.45) is 0 Å².